The summed E-state index contributed by atoms with van der Waals surface area (Å²) in [6.45, 7) is 6.82. The molecular formula is C17H35N3O6. The predicted octanol–water partition coefficient (Wildman–Crippen LogP) is -2.49. The van der Waals surface area contributed by atoms with Gasteiger partial charge in [0.05, 0.1) is 18.8 Å². The lowest BCUT2D eigenvalue weighted by Gasteiger charge is -2.48. The van der Waals surface area contributed by atoms with E-state index in [4.69, 9.17) is 9.47 Å². The van der Waals surface area contributed by atoms with Gasteiger partial charge < -0.3 is 45.9 Å². The standard InChI is InChI=1S/C17H35N3O6/c1-5-19-9-7-10(20-6-2)14(12(22)11(9)21)26-16-13(23)15(18-4)17(3,24)8-25-16/h9-16,18-24H,5-8H2,1-4H3/t9?,10?,11?,12-,13?,14?,15?,16+,17-/m0/s1. The molecule has 0 amide bonds. The van der Waals surface area contributed by atoms with Gasteiger partial charge in [0.1, 0.15) is 23.9 Å². The number of nitrogens with one attached hydrogen (secondary N) is 3. The molecule has 7 N–H and O–H groups in total. The van der Waals surface area contributed by atoms with Crippen molar-refractivity contribution in [3.63, 3.8) is 0 Å². The van der Waals surface area contributed by atoms with Crippen molar-refractivity contribution < 1.29 is 29.9 Å². The van der Waals surface area contributed by atoms with Crippen molar-refractivity contribution in [1.29, 1.82) is 0 Å². The first-order valence-electron chi connectivity index (χ1n) is 9.44. The van der Waals surface area contributed by atoms with Crippen LogP contribution in [0.5, 0.6) is 0 Å². The van der Waals surface area contributed by atoms with E-state index in [1.807, 2.05) is 13.8 Å². The van der Waals surface area contributed by atoms with Crippen LogP contribution in [0.2, 0.25) is 0 Å². The zero-order valence-corrected chi connectivity index (χ0v) is 16.1. The van der Waals surface area contributed by atoms with Crippen molar-refractivity contribution in [2.75, 3.05) is 26.7 Å². The Labute approximate surface area is 155 Å². The molecule has 1 heterocycles. The molecule has 2 aliphatic rings. The van der Waals surface area contributed by atoms with Crippen molar-refractivity contribution in [3.05, 3.63) is 0 Å². The van der Waals surface area contributed by atoms with Crippen molar-refractivity contribution >= 4 is 0 Å². The zero-order valence-electron chi connectivity index (χ0n) is 16.1. The minimum atomic E-state index is -1.24. The summed E-state index contributed by atoms with van der Waals surface area (Å²) < 4.78 is 11.4. The minimum absolute atomic E-state index is 0.0164. The van der Waals surface area contributed by atoms with E-state index < -0.39 is 42.3 Å². The van der Waals surface area contributed by atoms with Crippen LogP contribution in [0.1, 0.15) is 27.2 Å². The molecular weight excluding hydrogens is 342 g/mol. The van der Waals surface area contributed by atoms with Gasteiger partial charge in [-0.3, -0.25) is 0 Å². The van der Waals surface area contributed by atoms with Crippen molar-refractivity contribution in [2.24, 2.45) is 0 Å². The first kappa shape index (κ1) is 21.9. The van der Waals surface area contributed by atoms with E-state index in [2.05, 4.69) is 16.0 Å². The van der Waals surface area contributed by atoms with Gasteiger partial charge in [-0.2, -0.15) is 0 Å². The third kappa shape index (κ3) is 4.54. The summed E-state index contributed by atoms with van der Waals surface area (Å²) in [5.74, 6) is 0. The van der Waals surface area contributed by atoms with Gasteiger partial charge in [-0.05, 0) is 33.5 Å². The van der Waals surface area contributed by atoms with E-state index in [-0.39, 0.29) is 18.7 Å². The summed E-state index contributed by atoms with van der Waals surface area (Å²) in [4.78, 5) is 0. The molecule has 9 nitrogen and oxygen atoms in total. The van der Waals surface area contributed by atoms with Crippen LogP contribution in [0.4, 0.5) is 0 Å². The maximum absolute atomic E-state index is 10.6. The van der Waals surface area contributed by atoms with Crippen LogP contribution in [0.25, 0.3) is 0 Å². The first-order valence-corrected chi connectivity index (χ1v) is 9.44. The average Bonchev–Trinajstić information content (AvgIpc) is 2.58. The van der Waals surface area contributed by atoms with Crippen LogP contribution >= 0.6 is 0 Å². The zero-order chi connectivity index (χ0) is 19.5. The molecule has 0 aromatic rings. The molecule has 0 bridgehead atoms. The van der Waals surface area contributed by atoms with E-state index in [1.54, 1.807) is 14.0 Å². The fourth-order valence-electron chi connectivity index (χ4n) is 4.04. The molecule has 2 rings (SSSR count). The quantitative estimate of drug-likeness (QED) is 0.257. The summed E-state index contributed by atoms with van der Waals surface area (Å²) in [6, 6.07) is -1.10. The number of likely N-dealkylation sites (N-methyl/N-ethyl adjacent to an activating group) is 3. The number of aliphatic hydroxyl groups excluding tert-OH is 3. The molecule has 0 radical (unpaired) electrons. The number of hydrogen-bond donors (Lipinski definition) is 7. The van der Waals surface area contributed by atoms with Crippen LogP contribution in [0.15, 0.2) is 0 Å². The molecule has 1 saturated heterocycles. The van der Waals surface area contributed by atoms with E-state index in [1.165, 1.54) is 0 Å². The van der Waals surface area contributed by atoms with Gasteiger partial charge in [0, 0.05) is 12.1 Å². The molecule has 0 spiro atoms. The Hall–Kier alpha value is -0.360. The monoisotopic (exact) mass is 377 g/mol. The third-order valence-corrected chi connectivity index (χ3v) is 5.37. The molecule has 1 saturated carbocycles. The van der Waals surface area contributed by atoms with Gasteiger partial charge in [-0.1, -0.05) is 13.8 Å². The number of rotatable bonds is 7. The topological polar surface area (TPSA) is 135 Å². The molecule has 26 heavy (non-hydrogen) atoms. The second-order valence-corrected chi connectivity index (χ2v) is 7.44. The van der Waals surface area contributed by atoms with Crippen molar-refractivity contribution in [2.45, 2.75) is 81.6 Å². The van der Waals surface area contributed by atoms with Crippen LogP contribution in [-0.2, 0) is 9.47 Å². The summed E-state index contributed by atoms with van der Waals surface area (Å²) in [7, 11) is 1.65. The molecule has 0 aromatic heterocycles. The summed E-state index contributed by atoms with van der Waals surface area (Å²) in [6.07, 6.45) is -4.44. The van der Waals surface area contributed by atoms with E-state index in [9.17, 15) is 20.4 Å². The maximum Gasteiger partial charge on any atom is 0.185 e. The molecule has 9 heteroatoms. The Morgan fingerprint density at radius 1 is 1.04 bits per heavy atom. The SMILES string of the molecule is CCNC1CC(NCC)C(O[C@H]2OC[C@](C)(O)C(NC)C2O)[C@@H](O)C1O. The summed E-state index contributed by atoms with van der Waals surface area (Å²) in [5.41, 5.74) is -1.24. The Balaban J connectivity index is 2.12. The predicted molar refractivity (Wildman–Crippen MR) is 95.7 cm³/mol. The molecule has 9 atom stereocenters. The summed E-state index contributed by atoms with van der Waals surface area (Å²) >= 11 is 0. The lowest BCUT2D eigenvalue weighted by molar-refractivity contribution is -0.298. The van der Waals surface area contributed by atoms with Gasteiger partial charge >= 0.3 is 0 Å². The smallest absolute Gasteiger partial charge is 0.185 e. The fourth-order valence-corrected chi connectivity index (χ4v) is 4.04. The second kappa shape index (κ2) is 9.22. The van der Waals surface area contributed by atoms with Crippen LogP contribution in [-0.4, -0.2) is 102 Å². The van der Waals surface area contributed by atoms with Crippen molar-refractivity contribution in [1.82, 2.24) is 16.0 Å². The third-order valence-electron chi connectivity index (χ3n) is 5.37. The molecule has 1 aliphatic carbocycles. The Bertz CT molecular complexity index is 441. The van der Waals surface area contributed by atoms with Crippen molar-refractivity contribution in [3.8, 4) is 0 Å². The maximum atomic E-state index is 10.6. The van der Waals surface area contributed by atoms with E-state index >= 15 is 0 Å². The highest BCUT2D eigenvalue weighted by atomic mass is 16.7. The molecule has 1 aliphatic heterocycles. The van der Waals surface area contributed by atoms with Gasteiger partial charge in [-0.25, -0.2) is 0 Å². The second-order valence-electron chi connectivity index (χ2n) is 7.44. The molecule has 154 valence electrons. The minimum Gasteiger partial charge on any atom is -0.389 e. The van der Waals surface area contributed by atoms with E-state index in [0.29, 0.717) is 19.5 Å². The van der Waals surface area contributed by atoms with Crippen LogP contribution in [0, 0.1) is 0 Å². The van der Waals surface area contributed by atoms with E-state index in [0.717, 1.165) is 0 Å². The van der Waals surface area contributed by atoms with Gasteiger partial charge in [-0.15, -0.1) is 0 Å². The number of ether oxygens (including phenoxy) is 2. The van der Waals surface area contributed by atoms with Gasteiger partial charge in [0.2, 0.25) is 0 Å². The summed E-state index contributed by atoms with van der Waals surface area (Å²) in [5, 5.41) is 51.3. The lowest BCUT2D eigenvalue weighted by Crippen LogP contribution is -2.68. The normalized spacial score (nSPS) is 47.1. The Morgan fingerprint density at radius 2 is 1.65 bits per heavy atom. The number of hydrogen-bond acceptors (Lipinski definition) is 9. The first-order chi connectivity index (χ1) is 12.3. The largest absolute Gasteiger partial charge is 0.389 e. The molecule has 6 unspecified atom stereocenters. The fraction of sp³-hybridized carbons (Fsp3) is 1.00. The highest BCUT2D eigenvalue weighted by Gasteiger charge is 2.50. The molecule has 2 fully saturated rings. The highest BCUT2D eigenvalue weighted by molar-refractivity contribution is 5.02. The van der Waals surface area contributed by atoms with Gasteiger partial charge in [0.25, 0.3) is 0 Å². The van der Waals surface area contributed by atoms with Gasteiger partial charge in [0.15, 0.2) is 6.29 Å². The molecule has 0 aromatic carbocycles. The van der Waals surface area contributed by atoms with Crippen LogP contribution < -0.4 is 16.0 Å². The lowest BCUT2D eigenvalue weighted by atomic mass is 9.83. The Morgan fingerprint density at radius 3 is 2.23 bits per heavy atom. The number of aliphatic hydroxyl groups is 4. The van der Waals surface area contributed by atoms with Crippen LogP contribution in [0.3, 0.4) is 0 Å². The Kier molecular flexibility index (Phi) is 7.78. The average molecular weight is 377 g/mol. The highest BCUT2D eigenvalue weighted by Crippen LogP contribution is 2.29.